The van der Waals surface area contributed by atoms with Gasteiger partial charge in [0.25, 0.3) is 5.91 Å². The van der Waals surface area contributed by atoms with Crippen molar-refractivity contribution < 1.29 is 27.5 Å². The fourth-order valence-electron chi connectivity index (χ4n) is 2.03. The molecule has 7 heteroatoms. The molecule has 0 radical (unpaired) electrons. The van der Waals surface area contributed by atoms with Gasteiger partial charge in [0.1, 0.15) is 5.75 Å². The van der Waals surface area contributed by atoms with Crippen LogP contribution in [0.4, 0.5) is 18.9 Å². The molecule has 2 aromatic rings. The van der Waals surface area contributed by atoms with E-state index in [2.05, 4.69) is 5.32 Å². The normalized spacial score (nSPS) is 11.0. The third kappa shape index (κ3) is 5.34. The van der Waals surface area contributed by atoms with Gasteiger partial charge in [0.05, 0.1) is 5.56 Å². The van der Waals surface area contributed by atoms with Gasteiger partial charge in [-0.05, 0) is 48.5 Å². The first-order chi connectivity index (χ1) is 11.8. The number of carbonyl (C=O) groups is 2. The van der Waals surface area contributed by atoms with Gasteiger partial charge in [-0.2, -0.15) is 13.2 Å². The number of hydrogen-bond donors (Lipinski definition) is 1. The highest BCUT2D eigenvalue weighted by Gasteiger charge is 2.29. The van der Waals surface area contributed by atoms with Crippen molar-refractivity contribution in [1.82, 2.24) is 0 Å². The van der Waals surface area contributed by atoms with Crippen LogP contribution in [0.3, 0.4) is 0 Å². The average Bonchev–Trinajstić information content (AvgIpc) is 2.59. The van der Waals surface area contributed by atoms with E-state index in [0.717, 1.165) is 12.1 Å². The van der Waals surface area contributed by atoms with E-state index in [-0.39, 0.29) is 18.1 Å². The molecular formula is C18H16F3NO3. The highest BCUT2D eigenvalue weighted by Crippen LogP contribution is 2.29. The van der Waals surface area contributed by atoms with E-state index in [9.17, 15) is 22.8 Å². The van der Waals surface area contributed by atoms with Gasteiger partial charge in [0.2, 0.25) is 0 Å². The average molecular weight is 351 g/mol. The van der Waals surface area contributed by atoms with Crippen LogP contribution in [0.15, 0.2) is 48.5 Å². The van der Waals surface area contributed by atoms with Crippen molar-refractivity contribution in [3.05, 3.63) is 59.7 Å². The second-order valence-electron chi connectivity index (χ2n) is 5.21. The van der Waals surface area contributed by atoms with E-state index in [1.165, 1.54) is 12.1 Å². The molecule has 0 aliphatic carbocycles. The molecule has 0 atom stereocenters. The first-order valence-electron chi connectivity index (χ1n) is 7.52. The Morgan fingerprint density at radius 1 is 1.00 bits per heavy atom. The zero-order valence-corrected chi connectivity index (χ0v) is 13.4. The molecule has 0 saturated carbocycles. The van der Waals surface area contributed by atoms with Gasteiger partial charge in [-0.15, -0.1) is 0 Å². The van der Waals surface area contributed by atoms with E-state index in [0.29, 0.717) is 17.7 Å². The Balaban J connectivity index is 1.87. The van der Waals surface area contributed by atoms with Crippen LogP contribution >= 0.6 is 0 Å². The maximum absolute atomic E-state index is 12.5. The summed E-state index contributed by atoms with van der Waals surface area (Å²) in [5.41, 5.74) is 0.0120. The first kappa shape index (κ1) is 18.5. The Labute approximate surface area is 142 Å². The molecule has 0 heterocycles. The second kappa shape index (κ2) is 7.83. The zero-order valence-electron chi connectivity index (χ0n) is 13.4. The van der Waals surface area contributed by atoms with Crippen LogP contribution in [0.1, 0.15) is 29.3 Å². The molecule has 0 unspecified atom stereocenters. The largest absolute Gasteiger partial charge is 0.484 e. The number of hydrogen-bond acceptors (Lipinski definition) is 3. The molecule has 0 bridgehead atoms. The summed E-state index contributed by atoms with van der Waals surface area (Å²) in [4.78, 5) is 23.3. The standard InChI is InChI=1S/C18H16F3NO3/c1-2-16(23)12-3-9-15(10-4-12)25-11-17(24)22-14-7-5-13(6-8-14)18(19,20)21/h3-10H,2,11H2,1H3,(H,22,24). The van der Waals surface area contributed by atoms with Crippen molar-refractivity contribution in [2.75, 3.05) is 11.9 Å². The Kier molecular flexibility index (Phi) is 5.80. The summed E-state index contributed by atoms with van der Waals surface area (Å²) in [5, 5.41) is 2.44. The van der Waals surface area contributed by atoms with Gasteiger partial charge in [0.15, 0.2) is 12.4 Å². The molecule has 0 spiro atoms. The maximum Gasteiger partial charge on any atom is 0.416 e. The number of carbonyl (C=O) groups excluding carboxylic acids is 2. The van der Waals surface area contributed by atoms with Gasteiger partial charge in [-0.1, -0.05) is 6.92 Å². The van der Waals surface area contributed by atoms with Gasteiger partial charge in [-0.3, -0.25) is 9.59 Å². The van der Waals surface area contributed by atoms with E-state index in [1.807, 2.05) is 0 Å². The van der Waals surface area contributed by atoms with E-state index in [1.54, 1.807) is 31.2 Å². The molecule has 2 aromatic carbocycles. The fraction of sp³-hybridized carbons (Fsp3) is 0.222. The number of anilines is 1. The molecule has 1 N–H and O–H groups in total. The number of ketones is 1. The summed E-state index contributed by atoms with van der Waals surface area (Å²) in [6.07, 6.45) is -4.02. The van der Waals surface area contributed by atoms with E-state index in [4.69, 9.17) is 4.74 Å². The summed E-state index contributed by atoms with van der Waals surface area (Å²) in [5.74, 6) is -0.0877. The highest BCUT2D eigenvalue weighted by atomic mass is 19.4. The minimum absolute atomic E-state index is 0.00611. The number of ether oxygens (including phenoxy) is 1. The molecule has 0 aliphatic heterocycles. The van der Waals surface area contributed by atoms with E-state index >= 15 is 0 Å². The quantitative estimate of drug-likeness (QED) is 0.789. The lowest BCUT2D eigenvalue weighted by Gasteiger charge is -2.10. The Morgan fingerprint density at radius 3 is 2.12 bits per heavy atom. The summed E-state index contributed by atoms with van der Waals surface area (Å²) in [7, 11) is 0. The van der Waals surface area contributed by atoms with E-state index < -0.39 is 17.6 Å². The number of benzene rings is 2. The number of halogens is 3. The van der Waals surface area contributed by atoms with Crippen LogP contribution in [0.25, 0.3) is 0 Å². The molecule has 0 fully saturated rings. The lowest BCUT2D eigenvalue weighted by molar-refractivity contribution is -0.137. The van der Waals surface area contributed by atoms with Crippen LogP contribution in [-0.4, -0.2) is 18.3 Å². The van der Waals surface area contributed by atoms with Gasteiger partial charge < -0.3 is 10.1 Å². The fourth-order valence-corrected chi connectivity index (χ4v) is 2.03. The van der Waals surface area contributed by atoms with Crippen molar-refractivity contribution >= 4 is 17.4 Å². The summed E-state index contributed by atoms with van der Waals surface area (Å²) in [6.45, 7) is 1.46. The number of nitrogens with one attached hydrogen (secondary N) is 1. The molecule has 25 heavy (non-hydrogen) atoms. The zero-order chi connectivity index (χ0) is 18.4. The Bertz CT molecular complexity index is 738. The molecule has 4 nitrogen and oxygen atoms in total. The SMILES string of the molecule is CCC(=O)c1ccc(OCC(=O)Nc2ccc(C(F)(F)F)cc2)cc1. The highest BCUT2D eigenvalue weighted by molar-refractivity contribution is 5.96. The van der Waals surface area contributed by atoms with Crippen molar-refractivity contribution in [3.8, 4) is 5.75 Å². The topological polar surface area (TPSA) is 55.4 Å². The third-order valence-electron chi connectivity index (χ3n) is 3.36. The maximum atomic E-state index is 12.5. The predicted octanol–water partition coefficient (Wildman–Crippen LogP) is 4.32. The van der Waals surface area contributed by atoms with Crippen molar-refractivity contribution in [2.24, 2.45) is 0 Å². The van der Waals surface area contributed by atoms with Crippen LogP contribution in [0.2, 0.25) is 0 Å². The number of amides is 1. The second-order valence-corrected chi connectivity index (χ2v) is 5.21. The first-order valence-corrected chi connectivity index (χ1v) is 7.52. The minimum atomic E-state index is -4.42. The molecule has 132 valence electrons. The summed E-state index contributed by atoms with van der Waals surface area (Å²) in [6, 6.07) is 10.5. The summed E-state index contributed by atoms with van der Waals surface area (Å²) >= 11 is 0. The molecular weight excluding hydrogens is 335 g/mol. The van der Waals surface area contributed by atoms with Crippen LogP contribution in [0.5, 0.6) is 5.75 Å². The Hall–Kier alpha value is -2.83. The Morgan fingerprint density at radius 2 is 1.60 bits per heavy atom. The lowest BCUT2D eigenvalue weighted by Crippen LogP contribution is -2.20. The van der Waals surface area contributed by atoms with Gasteiger partial charge in [0, 0.05) is 17.7 Å². The third-order valence-corrected chi connectivity index (χ3v) is 3.36. The number of Topliss-reactive ketones (excluding diaryl/α,β-unsaturated/α-hetero) is 1. The molecule has 0 saturated heterocycles. The van der Waals surface area contributed by atoms with Crippen LogP contribution < -0.4 is 10.1 Å². The molecule has 2 rings (SSSR count). The van der Waals surface area contributed by atoms with Gasteiger partial charge >= 0.3 is 6.18 Å². The molecule has 0 aromatic heterocycles. The van der Waals surface area contributed by atoms with Crippen LogP contribution in [-0.2, 0) is 11.0 Å². The van der Waals surface area contributed by atoms with Gasteiger partial charge in [-0.25, -0.2) is 0 Å². The predicted molar refractivity (Wildman–Crippen MR) is 86.6 cm³/mol. The minimum Gasteiger partial charge on any atom is -0.484 e. The smallest absolute Gasteiger partial charge is 0.416 e. The van der Waals surface area contributed by atoms with Crippen molar-refractivity contribution in [1.29, 1.82) is 0 Å². The number of alkyl halides is 3. The van der Waals surface area contributed by atoms with Crippen molar-refractivity contribution in [2.45, 2.75) is 19.5 Å². The molecule has 1 amide bonds. The van der Waals surface area contributed by atoms with Crippen molar-refractivity contribution in [3.63, 3.8) is 0 Å². The number of rotatable bonds is 6. The lowest BCUT2D eigenvalue weighted by atomic mass is 10.1. The monoisotopic (exact) mass is 351 g/mol. The van der Waals surface area contributed by atoms with Crippen LogP contribution in [0, 0.1) is 0 Å². The molecule has 0 aliphatic rings. The summed E-state index contributed by atoms with van der Waals surface area (Å²) < 4.78 is 42.7.